The minimum atomic E-state index is -1.61. The zero-order valence-electron chi connectivity index (χ0n) is 9.14. The number of rotatable bonds is 2. The second-order valence-corrected chi connectivity index (χ2v) is 4.32. The van der Waals surface area contributed by atoms with Gasteiger partial charge in [-0.1, -0.05) is 6.07 Å². The van der Waals surface area contributed by atoms with Gasteiger partial charge in [0.25, 0.3) is 0 Å². The van der Waals surface area contributed by atoms with Gasteiger partial charge in [-0.2, -0.15) is 4.39 Å². The van der Waals surface area contributed by atoms with Crippen molar-refractivity contribution in [2.24, 2.45) is 0 Å². The Morgan fingerprint density at radius 2 is 2.13 bits per heavy atom. The van der Waals surface area contributed by atoms with E-state index in [1.807, 2.05) is 18.2 Å². The molecule has 0 saturated carbocycles. The minimum absolute atomic E-state index is 0.614. The molecule has 1 aliphatic heterocycles. The van der Waals surface area contributed by atoms with E-state index in [9.17, 15) is 4.39 Å². The number of nitrogens with one attached hydrogen (secondary N) is 1. The number of hydrogen-bond acceptors (Lipinski definition) is 2. The number of fused-ring (bicyclic) bond motifs is 1. The number of alkyl halides is 1. The lowest BCUT2D eigenvalue weighted by molar-refractivity contribution is -0.0257. The summed E-state index contributed by atoms with van der Waals surface area (Å²) in [6.07, 6.45) is 0.985. The van der Waals surface area contributed by atoms with Crippen LogP contribution in [-0.2, 0) is 13.0 Å². The molecular weight excluding hydrogens is 193 g/mol. The summed E-state index contributed by atoms with van der Waals surface area (Å²) < 4.78 is 18.5. The predicted molar refractivity (Wildman–Crippen MR) is 57.7 cm³/mol. The van der Waals surface area contributed by atoms with Crippen molar-refractivity contribution in [2.75, 3.05) is 6.54 Å². The summed E-state index contributed by atoms with van der Waals surface area (Å²) in [7, 11) is 0. The Labute approximate surface area is 89.4 Å². The van der Waals surface area contributed by atoms with Gasteiger partial charge in [0.15, 0.2) is 0 Å². The molecule has 2 rings (SSSR count). The quantitative estimate of drug-likeness (QED) is 0.807. The van der Waals surface area contributed by atoms with Crippen LogP contribution in [-0.4, -0.2) is 12.4 Å². The highest BCUT2D eigenvalue weighted by atomic mass is 19.2. The van der Waals surface area contributed by atoms with E-state index >= 15 is 0 Å². The third-order valence-electron chi connectivity index (χ3n) is 2.42. The van der Waals surface area contributed by atoms with Crippen LogP contribution >= 0.6 is 0 Å². The molecule has 3 heteroatoms. The molecule has 0 saturated heterocycles. The summed E-state index contributed by atoms with van der Waals surface area (Å²) in [6, 6.07) is 5.77. The van der Waals surface area contributed by atoms with Crippen molar-refractivity contribution < 1.29 is 9.13 Å². The van der Waals surface area contributed by atoms with E-state index in [0.29, 0.717) is 5.75 Å². The molecule has 0 amide bonds. The molecule has 82 valence electrons. The van der Waals surface area contributed by atoms with E-state index in [0.717, 1.165) is 19.5 Å². The molecule has 0 spiro atoms. The van der Waals surface area contributed by atoms with E-state index in [2.05, 4.69) is 5.32 Å². The smallest absolute Gasteiger partial charge is 0.242 e. The van der Waals surface area contributed by atoms with Gasteiger partial charge < -0.3 is 10.1 Å². The SMILES string of the molecule is CC(C)(F)Oc1ccc2c(c1)CCNC2. The number of benzene rings is 1. The summed E-state index contributed by atoms with van der Waals surface area (Å²) in [5.74, 6) is -0.996. The topological polar surface area (TPSA) is 21.3 Å². The molecule has 0 atom stereocenters. The van der Waals surface area contributed by atoms with Crippen molar-refractivity contribution in [3.8, 4) is 5.75 Å². The maximum Gasteiger partial charge on any atom is 0.242 e. The third-order valence-corrected chi connectivity index (χ3v) is 2.42. The molecule has 15 heavy (non-hydrogen) atoms. The van der Waals surface area contributed by atoms with Crippen molar-refractivity contribution in [2.45, 2.75) is 32.7 Å². The van der Waals surface area contributed by atoms with Gasteiger partial charge >= 0.3 is 0 Å². The third kappa shape index (κ3) is 2.69. The van der Waals surface area contributed by atoms with Gasteiger partial charge in [-0.25, -0.2) is 0 Å². The lowest BCUT2D eigenvalue weighted by Gasteiger charge is -2.21. The largest absolute Gasteiger partial charge is 0.459 e. The van der Waals surface area contributed by atoms with E-state index in [1.165, 1.54) is 25.0 Å². The zero-order valence-corrected chi connectivity index (χ0v) is 9.14. The van der Waals surface area contributed by atoms with Crippen LogP contribution in [0.3, 0.4) is 0 Å². The molecule has 0 aliphatic carbocycles. The Morgan fingerprint density at radius 1 is 1.33 bits per heavy atom. The molecule has 1 aromatic carbocycles. The second kappa shape index (κ2) is 3.81. The minimum Gasteiger partial charge on any atom is -0.459 e. The van der Waals surface area contributed by atoms with Crippen LogP contribution in [0.5, 0.6) is 5.75 Å². The van der Waals surface area contributed by atoms with Crippen LogP contribution in [0.2, 0.25) is 0 Å². The number of halogens is 1. The van der Waals surface area contributed by atoms with E-state index in [1.54, 1.807) is 0 Å². The maximum atomic E-state index is 13.3. The highest BCUT2D eigenvalue weighted by Gasteiger charge is 2.18. The monoisotopic (exact) mass is 209 g/mol. The van der Waals surface area contributed by atoms with Crippen LogP contribution in [0.1, 0.15) is 25.0 Å². The van der Waals surface area contributed by atoms with Crippen LogP contribution in [0, 0.1) is 0 Å². The molecule has 0 bridgehead atoms. The summed E-state index contributed by atoms with van der Waals surface area (Å²) in [5, 5.41) is 3.29. The molecule has 0 radical (unpaired) electrons. The van der Waals surface area contributed by atoms with Crippen LogP contribution in [0.4, 0.5) is 4.39 Å². The second-order valence-electron chi connectivity index (χ2n) is 4.32. The fourth-order valence-corrected chi connectivity index (χ4v) is 1.80. The first kappa shape index (κ1) is 10.4. The fraction of sp³-hybridized carbons (Fsp3) is 0.500. The van der Waals surface area contributed by atoms with E-state index < -0.39 is 5.85 Å². The standard InChI is InChI=1S/C12H16FNO/c1-12(2,13)15-11-4-3-10-8-14-6-5-9(10)7-11/h3-4,7,14H,5-6,8H2,1-2H3. The Morgan fingerprint density at radius 3 is 2.87 bits per heavy atom. The molecule has 1 N–H and O–H groups in total. The van der Waals surface area contributed by atoms with Crippen molar-refractivity contribution in [1.82, 2.24) is 5.32 Å². The van der Waals surface area contributed by atoms with Gasteiger partial charge in [-0.05, 0) is 36.2 Å². The molecule has 2 nitrogen and oxygen atoms in total. The molecule has 1 aliphatic rings. The van der Waals surface area contributed by atoms with Crippen LogP contribution < -0.4 is 10.1 Å². The zero-order chi connectivity index (χ0) is 10.9. The Bertz CT molecular complexity index is 357. The summed E-state index contributed by atoms with van der Waals surface area (Å²) in [5.41, 5.74) is 2.54. The summed E-state index contributed by atoms with van der Waals surface area (Å²) >= 11 is 0. The summed E-state index contributed by atoms with van der Waals surface area (Å²) in [4.78, 5) is 0. The fourth-order valence-electron chi connectivity index (χ4n) is 1.80. The lowest BCUT2D eigenvalue weighted by Crippen LogP contribution is -2.24. The lowest BCUT2D eigenvalue weighted by atomic mass is 10.0. The predicted octanol–water partition coefficient (Wildman–Crippen LogP) is 2.42. The van der Waals surface area contributed by atoms with Crippen molar-refractivity contribution in [1.29, 1.82) is 0 Å². The van der Waals surface area contributed by atoms with Gasteiger partial charge in [-0.3, -0.25) is 0 Å². The number of ether oxygens (including phenoxy) is 1. The molecule has 0 unspecified atom stereocenters. The Kier molecular flexibility index (Phi) is 2.65. The highest BCUT2D eigenvalue weighted by molar-refractivity contribution is 5.37. The van der Waals surface area contributed by atoms with Crippen molar-refractivity contribution >= 4 is 0 Å². The Balaban J connectivity index is 2.21. The van der Waals surface area contributed by atoms with Crippen molar-refractivity contribution in [3.05, 3.63) is 29.3 Å². The molecule has 0 aromatic heterocycles. The van der Waals surface area contributed by atoms with Gasteiger partial charge in [0.2, 0.25) is 5.85 Å². The van der Waals surface area contributed by atoms with Crippen LogP contribution in [0.15, 0.2) is 18.2 Å². The van der Waals surface area contributed by atoms with Crippen LogP contribution in [0.25, 0.3) is 0 Å². The molecule has 1 aromatic rings. The van der Waals surface area contributed by atoms with Gasteiger partial charge in [-0.15, -0.1) is 0 Å². The first-order chi connectivity index (χ1) is 7.04. The maximum absolute atomic E-state index is 13.3. The number of hydrogen-bond donors (Lipinski definition) is 1. The Hall–Kier alpha value is -1.09. The molecular formula is C12H16FNO. The van der Waals surface area contributed by atoms with Gasteiger partial charge in [0, 0.05) is 20.4 Å². The average molecular weight is 209 g/mol. The summed E-state index contributed by atoms with van der Waals surface area (Å²) in [6.45, 7) is 4.70. The average Bonchev–Trinajstić information content (AvgIpc) is 2.15. The van der Waals surface area contributed by atoms with Gasteiger partial charge in [0.05, 0.1) is 0 Å². The van der Waals surface area contributed by atoms with Crippen molar-refractivity contribution in [3.63, 3.8) is 0 Å². The van der Waals surface area contributed by atoms with E-state index in [-0.39, 0.29) is 0 Å². The van der Waals surface area contributed by atoms with E-state index in [4.69, 9.17) is 4.74 Å². The first-order valence-corrected chi connectivity index (χ1v) is 5.25. The normalized spacial score (nSPS) is 15.9. The highest BCUT2D eigenvalue weighted by Crippen LogP contribution is 2.24. The molecule has 1 heterocycles. The van der Waals surface area contributed by atoms with Gasteiger partial charge in [0.1, 0.15) is 5.75 Å². The molecule has 0 fully saturated rings. The first-order valence-electron chi connectivity index (χ1n) is 5.25.